The highest BCUT2D eigenvalue weighted by Crippen LogP contribution is 2.34. The normalized spacial score (nSPS) is 17.4. The Hall–Kier alpha value is -4.49. The number of fused-ring (bicyclic) bond motifs is 1. The average molecular weight is 588 g/mol. The molecule has 3 aromatic carbocycles. The number of amides is 1. The van der Waals surface area contributed by atoms with Crippen LogP contribution in [-0.4, -0.2) is 46.5 Å². The number of nitriles is 1. The second kappa shape index (κ2) is 11.7. The van der Waals surface area contributed by atoms with Crippen molar-refractivity contribution in [2.45, 2.75) is 44.6 Å². The first kappa shape index (κ1) is 28.6. The number of halogens is 4. The maximum atomic E-state index is 14.2. The Morgan fingerprint density at radius 2 is 1.70 bits per heavy atom. The summed E-state index contributed by atoms with van der Waals surface area (Å²) in [5.74, 6) is -0.875. The lowest BCUT2D eigenvalue weighted by molar-refractivity contribution is -0.138. The summed E-state index contributed by atoms with van der Waals surface area (Å²) >= 11 is 0. The fourth-order valence-electron chi connectivity index (χ4n) is 6.12. The third-order valence-corrected chi connectivity index (χ3v) is 8.27. The van der Waals surface area contributed by atoms with E-state index in [9.17, 15) is 22.4 Å². The standard InChI is InChI=1S/C33H29F4N5O/c34-25-11-9-24(28(17-25)33(35,36)37)20-39-30-18-27(32(43)42-15-3-4-31(42)41-13-1-2-14-41)26-16-23(10-12-29(26)40-30)22-7-5-21(19-38)6-8-22/h5-12,16-18,31H,1-4,13-15,20H2,(H,39,40). The van der Waals surface area contributed by atoms with E-state index >= 15 is 0 Å². The van der Waals surface area contributed by atoms with Crippen molar-refractivity contribution in [3.05, 3.63) is 94.8 Å². The van der Waals surface area contributed by atoms with Crippen LogP contribution in [0.2, 0.25) is 0 Å². The van der Waals surface area contributed by atoms with Gasteiger partial charge in [-0.1, -0.05) is 24.3 Å². The summed E-state index contributed by atoms with van der Waals surface area (Å²) in [6.07, 6.45) is -0.739. The number of hydrogen-bond acceptors (Lipinski definition) is 5. The van der Waals surface area contributed by atoms with Crippen LogP contribution in [0.25, 0.3) is 22.0 Å². The first-order valence-electron chi connectivity index (χ1n) is 14.3. The summed E-state index contributed by atoms with van der Waals surface area (Å²) in [6.45, 7) is 2.25. The fourth-order valence-corrected chi connectivity index (χ4v) is 6.12. The molecule has 4 aromatic rings. The quantitative estimate of drug-likeness (QED) is 0.242. The minimum absolute atomic E-state index is 0.00453. The van der Waals surface area contributed by atoms with Crippen LogP contribution in [-0.2, 0) is 12.7 Å². The SMILES string of the molecule is N#Cc1ccc(-c2ccc3nc(NCc4ccc(F)cc4C(F)(F)F)cc(C(=O)N4CCCC4N4CCCC4)c3c2)cc1. The molecule has 1 atom stereocenters. The van der Waals surface area contributed by atoms with Crippen LogP contribution in [0.15, 0.2) is 66.7 Å². The van der Waals surface area contributed by atoms with E-state index in [0.717, 1.165) is 62.0 Å². The van der Waals surface area contributed by atoms with E-state index in [0.29, 0.717) is 34.6 Å². The molecule has 0 bridgehead atoms. The summed E-state index contributed by atoms with van der Waals surface area (Å²) < 4.78 is 54.5. The molecule has 10 heteroatoms. The predicted octanol–water partition coefficient (Wildman–Crippen LogP) is 7.20. The van der Waals surface area contributed by atoms with Crippen molar-refractivity contribution < 1.29 is 22.4 Å². The molecule has 43 heavy (non-hydrogen) atoms. The third kappa shape index (κ3) is 5.90. The van der Waals surface area contributed by atoms with E-state index in [-0.39, 0.29) is 30.0 Å². The third-order valence-electron chi connectivity index (χ3n) is 8.27. The van der Waals surface area contributed by atoms with E-state index in [1.165, 1.54) is 0 Å². The number of hydrogen-bond donors (Lipinski definition) is 1. The van der Waals surface area contributed by atoms with Crippen LogP contribution in [0.4, 0.5) is 23.4 Å². The topological polar surface area (TPSA) is 72.3 Å². The molecule has 220 valence electrons. The van der Waals surface area contributed by atoms with Gasteiger partial charge in [-0.15, -0.1) is 0 Å². The minimum atomic E-state index is -4.72. The molecule has 1 aromatic heterocycles. The van der Waals surface area contributed by atoms with Crippen LogP contribution in [0.1, 0.15) is 52.7 Å². The summed E-state index contributed by atoms with van der Waals surface area (Å²) in [7, 11) is 0. The van der Waals surface area contributed by atoms with Crippen molar-refractivity contribution in [1.82, 2.24) is 14.8 Å². The maximum absolute atomic E-state index is 14.2. The van der Waals surface area contributed by atoms with Crippen LogP contribution in [0.3, 0.4) is 0 Å². The van der Waals surface area contributed by atoms with Crippen molar-refractivity contribution in [2.24, 2.45) is 0 Å². The number of benzene rings is 3. The van der Waals surface area contributed by atoms with E-state index in [4.69, 9.17) is 5.26 Å². The lowest BCUT2D eigenvalue weighted by Crippen LogP contribution is -2.46. The Labute approximate surface area is 246 Å². The monoisotopic (exact) mass is 587 g/mol. The Bertz CT molecular complexity index is 1710. The molecule has 2 fully saturated rings. The van der Waals surface area contributed by atoms with Crippen LogP contribution < -0.4 is 5.32 Å². The van der Waals surface area contributed by atoms with Gasteiger partial charge in [-0.05, 0) is 84.8 Å². The Kier molecular flexibility index (Phi) is 7.75. The molecular weight excluding hydrogens is 558 g/mol. The maximum Gasteiger partial charge on any atom is 0.416 e. The average Bonchev–Trinajstić information content (AvgIpc) is 3.72. The molecule has 0 radical (unpaired) electrons. The van der Waals surface area contributed by atoms with Gasteiger partial charge >= 0.3 is 6.18 Å². The summed E-state index contributed by atoms with van der Waals surface area (Å²) in [4.78, 5) is 23.1. The number of nitrogens with one attached hydrogen (secondary N) is 1. The highest BCUT2D eigenvalue weighted by Gasteiger charge is 2.36. The number of anilines is 1. The van der Waals surface area contributed by atoms with Gasteiger partial charge in [-0.2, -0.15) is 18.4 Å². The second-order valence-electron chi connectivity index (χ2n) is 11.0. The van der Waals surface area contributed by atoms with Gasteiger partial charge in [-0.25, -0.2) is 9.37 Å². The molecule has 6 nitrogen and oxygen atoms in total. The van der Waals surface area contributed by atoms with Crippen molar-refractivity contribution in [3.63, 3.8) is 0 Å². The highest BCUT2D eigenvalue weighted by atomic mass is 19.4. The zero-order chi connectivity index (χ0) is 30.1. The smallest absolute Gasteiger partial charge is 0.366 e. The Balaban J connectivity index is 1.39. The molecule has 0 saturated carbocycles. The van der Waals surface area contributed by atoms with E-state index in [1.807, 2.05) is 29.2 Å². The minimum Gasteiger partial charge on any atom is -0.366 e. The lowest BCUT2D eigenvalue weighted by Gasteiger charge is -2.32. The number of aromatic nitrogens is 1. The number of carbonyl (C=O) groups is 1. The summed E-state index contributed by atoms with van der Waals surface area (Å²) in [5.41, 5.74) is 1.97. The predicted molar refractivity (Wildman–Crippen MR) is 155 cm³/mol. The van der Waals surface area contributed by atoms with Gasteiger partial charge < -0.3 is 10.2 Å². The number of rotatable bonds is 6. The molecule has 3 heterocycles. The summed E-state index contributed by atoms with van der Waals surface area (Å²) in [5, 5.41) is 12.7. The highest BCUT2D eigenvalue weighted by molar-refractivity contribution is 6.08. The molecule has 1 amide bonds. The zero-order valence-electron chi connectivity index (χ0n) is 23.3. The summed E-state index contributed by atoms with van der Waals surface area (Å²) in [6, 6.07) is 19.0. The van der Waals surface area contributed by atoms with Crippen LogP contribution in [0.5, 0.6) is 0 Å². The van der Waals surface area contributed by atoms with E-state index < -0.39 is 17.6 Å². The Morgan fingerprint density at radius 1 is 0.953 bits per heavy atom. The number of likely N-dealkylation sites (tertiary alicyclic amines) is 2. The lowest BCUT2D eigenvalue weighted by atomic mass is 9.99. The molecular formula is C33H29F4N5O. The van der Waals surface area contributed by atoms with Gasteiger partial charge in [0.15, 0.2) is 0 Å². The second-order valence-corrected chi connectivity index (χ2v) is 11.0. The van der Waals surface area contributed by atoms with Gasteiger partial charge in [0.25, 0.3) is 5.91 Å². The van der Waals surface area contributed by atoms with E-state index in [2.05, 4.69) is 21.3 Å². The number of pyridine rings is 1. The van der Waals surface area contributed by atoms with Gasteiger partial charge in [0, 0.05) is 31.6 Å². The molecule has 6 rings (SSSR count). The molecule has 0 spiro atoms. The fraction of sp³-hybridized carbons (Fsp3) is 0.303. The molecule has 2 aliphatic rings. The van der Waals surface area contributed by atoms with Crippen LogP contribution in [0, 0.1) is 17.1 Å². The number of carbonyl (C=O) groups excluding carboxylic acids is 1. The number of alkyl halides is 3. The molecule has 2 saturated heterocycles. The van der Waals surface area contributed by atoms with Crippen molar-refractivity contribution >= 4 is 22.6 Å². The largest absolute Gasteiger partial charge is 0.416 e. The van der Waals surface area contributed by atoms with Crippen molar-refractivity contribution in [1.29, 1.82) is 5.26 Å². The first-order chi connectivity index (χ1) is 20.7. The van der Waals surface area contributed by atoms with Crippen molar-refractivity contribution in [3.8, 4) is 17.2 Å². The first-order valence-corrected chi connectivity index (χ1v) is 14.3. The van der Waals surface area contributed by atoms with Crippen LogP contribution >= 0.6 is 0 Å². The number of nitrogens with zero attached hydrogens (tertiary/aromatic N) is 4. The molecule has 1 N–H and O–H groups in total. The molecule has 0 aliphatic carbocycles. The van der Waals surface area contributed by atoms with Gasteiger partial charge in [0.1, 0.15) is 11.6 Å². The van der Waals surface area contributed by atoms with E-state index in [1.54, 1.807) is 24.3 Å². The van der Waals surface area contributed by atoms with Gasteiger partial charge in [0.2, 0.25) is 0 Å². The molecule has 1 unspecified atom stereocenters. The molecule has 2 aliphatic heterocycles. The van der Waals surface area contributed by atoms with Gasteiger partial charge in [0.05, 0.1) is 34.4 Å². The van der Waals surface area contributed by atoms with Crippen molar-refractivity contribution in [2.75, 3.05) is 25.0 Å². The zero-order valence-corrected chi connectivity index (χ0v) is 23.3. The Morgan fingerprint density at radius 3 is 2.42 bits per heavy atom. The van der Waals surface area contributed by atoms with Gasteiger partial charge in [-0.3, -0.25) is 9.69 Å².